The topological polar surface area (TPSA) is 99.1 Å². The highest BCUT2D eigenvalue weighted by Crippen LogP contribution is 2.41. The molecule has 2 fully saturated rings. The SMILES string of the molecule is Cc1ccc(S(=O)(=O)N2[C@H](C(=O)O)C[C@@H]3/C(=N/Nc4ccccc4)CCCC[C@@H]32)cc1. The first kappa shape index (κ1) is 21.5. The quantitative estimate of drug-likeness (QED) is 0.686. The summed E-state index contributed by atoms with van der Waals surface area (Å²) >= 11 is 0. The summed E-state index contributed by atoms with van der Waals surface area (Å²) in [4.78, 5) is 12.2. The summed E-state index contributed by atoms with van der Waals surface area (Å²) in [6.07, 6.45) is 3.33. The molecule has 3 atom stereocenters. The van der Waals surface area contributed by atoms with Gasteiger partial charge in [0.1, 0.15) is 6.04 Å². The van der Waals surface area contributed by atoms with Crippen molar-refractivity contribution in [2.24, 2.45) is 11.0 Å². The minimum atomic E-state index is -3.95. The van der Waals surface area contributed by atoms with Crippen molar-refractivity contribution in [3.05, 3.63) is 60.2 Å². The molecule has 1 aliphatic heterocycles. The van der Waals surface area contributed by atoms with Crippen molar-refractivity contribution >= 4 is 27.4 Å². The first-order valence-corrected chi connectivity index (χ1v) is 12.0. The number of nitrogens with zero attached hydrogens (tertiary/aromatic N) is 2. The van der Waals surface area contributed by atoms with Gasteiger partial charge in [-0.1, -0.05) is 42.3 Å². The van der Waals surface area contributed by atoms with Gasteiger partial charge >= 0.3 is 5.97 Å². The van der Waals surface area contributed by atoms with Crippen molar-refractivity contribution in [3.8, 4) is 0 Å². The van der Waals surface area contributed by atoms with E-state index in [9.17, 15) is 18.3 Å². The van der Waals surface area contributed by atoms with Crippen LogP contribution in [0, 0.1) is 12.8 Å². The second-order valence-corrected chi connectivity index (χ2v) is 10.1. The first-order chi connectivity index (χ1) is 14.9. The number of carboxylic acid groups (broad SMARTS) is 1. The molecule has 0 bridgehead atoms. The number of sulfonamides is 1. The lowest BCUT2D eigenvalue weighted by Crippen LogP contribution is -2.45. The van der Waals surface area contributed by atoms with Gasteiger partial charge in [-0.25, -0.2) is 8.42 Å². The van der Waals surface area contributed by atoms with E-state index in [0.717, 1.165) is 36.2 Å². The molecule has 2 aliphatic rings. The van der Waals surface area contributed by atoms with Crippen LogP contribution < -0.4 is 5.43 Å². The lowest BCUT2D eigenvalue weighted by atomic mass is 9.92. The number of aryl methyl sites for hydroxylation is 1. The number of carbonyl (C=O) groups is 1. The molecular formula is C23H27N3O4S. The minimum Gasteiger partial charge on any atom is -0.480 e. The molecule has 0 amide bonds. The summed E-state index contributed by atoms with van der Waals surface area (Å²) in [5, 5.41) is 14.5. The number of hydrogen-bond acceptors (Lipinski definition) is 5. The first-order valence-electron chi connectivity index (χ1n) is 10.6. The van der Waals surface area contributed by atoms with Gasteiger partial charge in [-0.15, -0.1) is 0 Å². The van der Waals surface area contributed by atoms with Crippen LogP contribution in [0.3, 0.4) is 0 Å². The van der Waals surface area contributed by atoms with Crippen molar-refractivity contribution < 1.29 is 18.3 Å². The molecule has 4 rings (SSSR count). The molecule has 0 spiro atoms. The van der Waals surface area contributed by atoms with Crippen LogP contribution in [0.25, 0.3) is 0 Å². The van der Waals surface area contributed by atoms with E-state index < -0.39 is 28.1 Å². The Morgan fingerprint density at radius 2 is 1.81 bits per heavy atom. The second-order valence-electron chi connectivity index (χ2n) is 8.24. The molecule has 2 aromatic carbocycles. The van der Waals surface area contributed by atoms with Crippen LogP contribution >= 0.6 is 0 Å². The number of hydrazone groups is 1. The number of aliphatic carboxylic acids is 1. The van der Waals surface area contributed by atoms with Crippen LogP contribution in [0.5, 0.6) is 0 Å². The van der Waals surface area contributed by atoms with E-state index in [1.165, 1.54) is 4.31 Å². The van der Waals surface area contributed by atoms with E-state index in [1.54, 1.807) is 24.3 Å². The number of rotatable bonds is 5. The van der Waals surface area contributed by atoms with Crippen LogP contribution in [-0.4, -0.2) is 41.6 Å². The van der Waals surface area contributed by atoms with Gasteiger partial charge in [0.25, 0.3) is 0 Å². The number of carboxylic acids is 1. The molecule has 31 heavy (non-hydrogen) atoms. The van der Waals surface area contributed by atoms with Gasteiger partial charge in [0, 0.05) is 17.7 Å². The highest BCUT2D eigenvalue weighted by Gasteiger charge is 2.52. The zero-order valence-corrected chi connectivity index (χ0v) is 18.3. The lowest BCUT2D eigenvalue weighted by molar-refractivity contribution is -0.141. The van der Waals surface area contributed by atoms with Gasteiger partial charge in [0.05, 0.1) is 10.6 Å². The number of para-hydroxylation sites is 1. The smallest absolute Gasteiger partial charge is 0.322 e. The molecule has 2 aromatic rings. The summed E-state index contributed by atoms with van der Waals surface area (Å²) in [5.74, 6) is -1.33. The molecule has 164 valence electrons. The van der Waals surface area contributed by atoms with Gasteiger partial charge in [-0.3, -0.25) is 10.2 Å². The molecule has 1 aliphatic carbocycles. The number of fused-ring (bicyclic) bond motifs is 1. The Bertz CT molecular complexity index is 1070. The molecule has 7 nitrogen and oxygen atoms in total. The maximum Gasteiger partial charge on any atom is 0.322 e. The Morgan fingerprint density at radius 1 is 1.10 bits per heavy atom. The molecule has 0 radical (unpaired) electrons. The van der Waals surface area contributed by atoms with Gasteiger partial charge in [0.2, 0.25) is 10.0 Å². The average molecular weight is 442 g/mol. The molecular weight excluding hydrogens is 414 g/mol. The fourth-order valence-corrected chi connectivity index (χ4v) is 6.46. The maximum atomic E-state index is 13.5. The molecule has 8 heteroatoms. The van der Waals surface area contributed by atoms with Crippen molar-refractivity contribution in [3.63, 3.8) is 0 Å². The van der Waals surface area contributed by atoms with Gasteiger partial charge in [-0.2, -0.15) is 9.41 Å². The zero-order valence-electron chi connectivity index (χ0n) is 17.4. The third kappa shape index (κ3) is 4.36. The third-order valence-corrected chi connectivity index (χ3v) is 8.12. The third-order valence-electron chi connectivity index (χ3n) is 6.17. The van der Waals surface area contributed by atoms with E-state index >= 15 is 0 Å². The number of anilines is 1. The van der Waals surface area contributed by atoms with Crippen LogP contribution in [-0.2, 0) is 14.8 Å². The zero-order chi connectivity index (χ0) is 22.0. The monoisotopic (exact) mass is 441 g/mol. The van der Waals surface area contributed by atoms with E-state index in [1.807, 2.05) is 37.3 Å². The van der Waals surface area contributed by atoms with Crippen molar-refractivity contribution in [1.82, 2.24) is 4.31 Å². The van der Waals surface area contributed by atoms with Crippen molar-refractivity contribution in [1.29, 1.82) is 0 Å². The Labute approximate surface area is 182 Å². The summed E-state index contributed by atoms with van der Waals surface area (Å²) in [6.45, 7) is 1.89. The number of nitrogens with one attached hydrogen (secondary N) is 1. The molecule has 1 saturated heterocycles. The van der Waals surface area contributed by atoms with E-state index in [-0.39, 0.29) is 17.2 Å². The van der Waals surface area contributed by atoms with Crippen molar-refractivity contribution in [2.45, 2.75) is 56.0 Å². The highest BCUT2D eigenvalue weighted by atomic mass is 32.2. The predicted molar refractivity (Wildman–Crippen MR) is 119 cm³/mol. The number of hydrogen-bond donors (Lipinski definition) is 2. The lowest BCUT2D eigenvalue weighted by Gasteiger charge is -2.28. The summed E-state index contributed by atoms with van der Waals surface area (Å²) in [5.41, 5.74) is 5.70. The molecule has 0 unspecified atom stereocenters. The van der Waals surface area contributed by atoms with E-state index in [0.29, 0.717) is 6.42 Å². The standard InChI is InChI=1S/C23H27N3O4S/c1-16-11-13-18(14-12-16)31(29,30)26-21-10-6-5-9-20(19(21)15-22(26)23(27)28)25-24-17-7-3-2-4-8-17/h2-4,7-8,11-14,19,21-22,24H,5-6,9-10,15H2,1H3,(H,27,28)/b25-20+/t19-,21+,22+/m1/s1. The maximum absolute atomic E-state index is 13.5. The Morgan fingerprint density at radius 3 is 2.48 bits per heavy atom. The summed E-state index contributed by atoms with van der Waals surface area (Å²) in [6, 6.07) is 14.6. The largest absolute Gasteiger partial charge is 0.480 e. The van der Waals surface area contributed by atoms with Gasteiger partial charge in [0.15, 0.2) is 0 Å². The highest BCUT2D eigenvalue weighted by molar-refractivity contribution is 7.89. The number of benzene rings is 2. The molecule has 1 heterocycles. The van der Waals surface area contributed by atoms with Crippen LogP contribution in [0.2, 0.25) is 0 Å². The van der Waals surface area contributed by atoms with Crippen molar-refractivity contribution in [2.75, 3.05) is 5.43 Å². The molecule has 1 saturated carbocycles. The summed E-state index contributed by atoms with van der Waals surface area (Å²) < 4.78 is 28.3. The fraction of sp³-hybridized carbons (Fsp3) is 0.391. The Hall–Kier alpha value is -2.71. The average Bonchev–Trinajstić information content (AvgIpc) is 3.04. The summed E-state index contributed by atoms with van der Waals surface area (Å²) in [7, 11) is -3.95. The normalized spacial score (nSPS) is 25.7. The predicted octanol–water partition coefficient (Wildman–Crippen LogP) is 3.87. The van der Waals surface area contributed by atoms with E-state index in [4.69, 9.17) is 0 Å². The van der Waals surface area contributed by atoms with Gasteiger partial charge in [-0.05, 0) is 56.9 Å². The second kappa shape index (κ2) is 8.80. The van der Waals surface area contributed by atoms with Crippen LogP contribution in [0.4, 0.5) is 5.69 Å². The minimum absolute atomic E-state index is 0.134. The molecule has 0 aromatic heterocycles. The Balaban J connectivity index is 1.69. The van der Waals surface area contributed by atoms with Crippen LogP contribution in [0.15, 0.2) is 64.6 Å². The Kier molecular flexibility index (Phi) is 6.11. The van der Waals surface area contributed by atoms with E-state index in [2.05, 4.69) is 10.5 Å². The molecule has 2 N–H and O–H groups in total. The fourth-order valence-electron chi connectivity index (χ4n) is 4.62. The van der Waals surface area contributed by atoms with Crippen LogP contribution in [0.1, 0.15) is 37.7 Å². The van der Waals surface area contributed by atoms with Gasteiger partial charge < -0.3 is 5.11 Å².